The molecule has 3 rings (SSSR count). The van der Waals surface area contributed by atoms with E-state index in [1.807, 2.05) is 24.3 Å². The summed E-state index contributed by atoms with van der Waals surface area (Å²) in [6.07, 6.45) is 0.146. The Labute approximate surface area is 156 Å². The number of amides is 1. The van der Waals surface area contributed by atoms with Crippen molar-refractivity contribution >= 4 is 11.6 Å². The van der Waals surface area contributed by atoms with Gasteiger partial charge in [-0.15, -0.1) is 0 Å². The van der Waals surface area contributed by atoms with Crippen molar-refractivity contribution in [3.05, 3.63) is 65.2 Å². The molecule has 1 unspecified atom stereocenters. The van der Waals surface area contributed by atoms with E-state index in [4.69, 9.17) is 9.57 Å². The summed E-state index contributed by atoms with van der Waals surface area (Å²) in [7, 11) is 1.58. The van der Waals surface area contributed by atoms with Gasteiger partial charge in [-0.25, -0.2) is 8.78 Å². The Morgan fingerprint density at radius 3 is 2.78 bits per heavy atom. The van der Waals surface area contributed by atoms with Crippen molar-refractivity contribution in [1.82, 2.24) is 4.90 Å². The highest BCUT2D eigenvalue weighted by molar-refractivity contribution is 6.03. The molecule has 5 nitrogen and oxygen atoms in total. The van der Waals surface area contributed by atoms with Crippen LogP contribution in [0.5, 0.6) is 5.75 Å². The smallest absolute Gasteiger partial charge is 0.219 e. The Bertz CT molecular complexity index is 870. The van der Waals surface area contributed by atoms with Crippen LogP contribution in [0.2, 0.25) is 0 Å². The molecule has 1 aliphatic heterocycles. The van der Waals surface area contributed by atoms with E-state index in [0.717, 1.165) is 17.3 Å². The molecule has 1 heterocycles. The lowest BCUT2D eigenvalue weighted by molar-refractivity contribution is -0.131. The molecule has 0 aliphatic carbocycles. The van der Waals surface area contributed by atoms with Crippen LogP contribution in [0.15, 0.2) is 47.6 Å². The number of hydrogen-bond donors (Lipinski definition) is 0. The minimum absolute atomic E-state index is 0.0330. The van der Waals surface area contributed by atoms with Gasteiger partial charge in [0.2, 0.25) is 5.91 Å². The molecule has 0 saturated heterocycles. The van der Waals surface area contributed by atoms with Crippen LogP contribution in [0.3, 0.4) is 0 Å². The summed E-state index contributed by atoms with van der Waals surface area (Å²) >= 11 is 0. The SMILES string of the molecule is COc1ccccc1C1=NOC(CN(Cc2ccc(F)cc2F)C(C)=O)C1. The van der Waals surface area contributed by atoms with Crippen LogP contribution in [0.1, 0.15) is 24.5 Å². The maximum Gasteiger partial charge on any atom is 0.219 e. The molecule has 2 aromatic carbocycles. The number of benzene rings is 2. The summed E-state index contributed by atoms with van der Waals surface area (Å²) in [5, 5.41) is 4.12. The molecular formula is C20H20F2N2O3. The highest BCUT2D eigenvalue weighted by Gasteiger charge is 2.27. The first-order valence-electron chi connectivity index (χ1n) is 8.53. The molecule has 0 radical (unpaired) electrons. The average Bonchev–Trinajstić information content (AvgIpc) is 3.11. The van der Waals surface area contributed by atoms with Crippen LogP contribution in [0, 0.1) is 11.6 Å². The van der Waals surface area contributed by atoms with Crippen LogP contribution < -0.4 is 4.74 Å². The van der Waals surface area contributed by atoms with Crippen molar-refractivity contribution in [3.63, 3.8) is 0 Å². The Morgan fingerprint density at radius 1 is 1.30 bits per heavy atom. The second-order valence-corrected chi connectivity index (χ2v) is 6.31. The topological polar surface area (TPSA) is 51.1 Å². The van der Waals surface area contributed by atoms with Gasteiger partial charge < -0.3 is 14.5 Å². The van der Waals surface area contributed by atoms with E-state index in [1.165, 1.54) is 24.0 Å². The van der Waals surface area contributed by atoms with Gasteiger partial charge >= 0.3 is 0 Å². The fourth-order valence-electron chi connectivity index (χ4n) is 2.97. The van der Waals surface area contributed by atoms with Crippen LogP contribution in [-0.4, -0.2) is 36.3 Å². The third kappa shape index (κ3) is 4.42. The summed E-state index contributed by atoms with van der Waals surface area (Å²) < 4.78 is 32.3. The number of halogens is 2. The first kappa shape index (κ1) is 18.8. The Hall–Kier alpha value is -2.96. The number of methoxy groups -OCH3 is 1. The summed E-state index contributed by atoms with van der Waals surface area (Å²) in [5.74, 6) is -0.871. The van der Waals surface area contributed by atoms with Crippen molar-refractivity contribution in [2.45, 2.75) is 26.0 Å². The van der Waals surface area contributed by atoms with E-state index >= 15 is 0 Å². The lowest BCUT2D eigenvalue weighted by Gasteiger charge is -2.23. The number of hydrogen-bond acceptors (Lipinski definition) is 4. The molecule has 1 amide bonds. The number of carbonyl (C=O) groups is 1. The Kier molecular flexibility index (Phi) is 5.69. The highest BCUT2D eigenvalue weighted by atomic mass is 19.1. The average molecular weight is 374 g/mol. The zero-order valence-electron chi connectivity index (χ0n) is 15.1. The number of oxime groups is 1. The van der Waals surface area contributed by atoms with E-state index in [-0.39, 0.29) is 30.7 Å². The van der Waals surface area contributed by atoms with Gasteiger partial charge in [0, 0.05) is 37.1 Å². The van der Waals surface area contributed by atoms with Gasteiger partial charge in [0.1, 0.15) is 17.4 Å². The molecule has 0 N–H and O–H groups in total. The monoisotopic (exact) mass is 374 g/mol. The molecular weight excluding hydrogens is 354 g/mol. The molecule has 1 atom stereocenters. The predicted molar refractivity (Wildman–Crippen MR) is 96.5 cm³/mol. The van der Waals surface area contributed by atoms with Crippen molar-refractivity contribution in [2.24, 2.45) is 5.16 Å². The molecule has 2 aromatic rings. The molecule has 27 heavy (non-hydrogen) atoms. The Balaban J connectivity index is 1.67. The molecule has 7 heteroatoms. The molecule has 1 aliphatic rings. The maximum absolute atomic E-state index is 13.9. The standard InChI is InChI=1S/C20H20F2N2O3/c1-13(25)24(11-14-7-8-15(21)9-18(14)22)12-16-10-19(23-27-16)17-5-3-4-6-20(17)26-2/h3-9,16H,10-12H2,1-2H3. The van der Waals surface area contributed by atoms with Crippen LogP contribution >= 0.6 is 0 Å². The van der Waals surface area contributed by atoms with Crippen molar-refractivity contribution in [3.8, 4) is 5.75 Å². The summed E-state index contributed by atoms with van der Waals surface area (Å²) in [5.41, 5.74) is 1.81. The van der Waals surface area contributed by atoms with Gasteiger partial charge in [0.25, 0.3) is 0 Å². The highest BCUT2D eigenvalue weighted by Crippen LogP contribution is 2.25. The Morgan fingerprint density at radius 2 is 2.07 bits per heavy atom. The zero-order valence-corrected chi connectivity index (χ0v) is 15.1. The maximum atomic E-state index is 13.9. The van der Waals surface area contributed by atoms with Gasteiger partial charge in [-0.05, 0) is 18.2 Å². The van der Waals surface area contributed by atoms with Gasteiger partial charge in [0.05, 0.1) is 19.4 Å². The quantitative estimate of drug-likeness (QED) is 0.777. The number of nitrogens with zero attached hydrogens (tertiary/aromatic N) is 2. The van der Waals surface area contributed by atoms with Gasteiger partial charge in [0.15, 0.2) is 6.10 Å². The third-order valence-corrected chi connectivity index (χ3v) is 4.40. The second-order valence-electron chi connectivity index (χ2n) is 6.31. The molecule has 0 saturated carbocycles. The minimum atomic E-state index is -0.681. The number of ether oxygens (including phenoxy) is 1. The van der Waals surface area contributed by atoms with Crippen LogP contribution in [0.4, 0.5) is 8.78 Å². The molecule has 0 aromatic heterocycles. The molecule has 0 spiro atoms. The predicted octanol–water partition coefficient (Wildman–Crippen LogP) is 3.52. The van der Waals surface area contributed by atoms with Crippen LogP contribution in [0.25, 0.3) is 0 Å². The second kappa shape index (κ2) is 8.16. The summed E-state index contributed by atoms with van der Waals surface area (Å²) in [4.78, 5) is 18.9. The third-order valence-electron chi connectivity index (χ3n) is 4.40. The number of carbonyl (C=O) groups excluding carboxylic acids is 1. The van der Waals surface area contributed by atoms with E-state index in [9.17, 15) is 13.6 Å². The normalized spacial score (nSPS) is 15.9. The van der Waals surface area contributed by atoms with Gasteiger partial charge in [-0.2, -0.15) is 0 Å². The van der Waals surface area contributed by atoms with E-state index in [2.05, 4.69) is 5.16 Å². The van der Waals surface area contributed by atoms with Gasteiger partial charge in [-0.1, -0.05) is 23.4 Å². The molecule has 0 bridgehead atoms. The summed E-state index contributed by atoms with van der Waals surface area (Å²) in [6, 6.07) is 10.8. The lowest BCUT2D eigenvalue weighted by atomic mass is 10.0. The summed E-state index contributed by atoms with van der Waals surface area (Å²) in [6.45, 7) is 1.68. The van der Waals surface area contributed by atoms with Gasteiger partial charge in [-0.3, -0.25) is 4.79 Å². The first-order chi connectivity index (χ1) is 13.0. The van der Waals surface area contributed by atoms with E-state index < -0.39 is 11.6 Å². The van der Waals surface area contributed by atoms with Crippen molar-refractivity contribution in [1.29, 1.82) is 0 Å². The minimum Gasteiger partial charge on any atom is -0.496 e. The molecule has 142 valence electrons. The molecule has 0 fully saturated rings. The zero-order chi connectivity index (χ0) is 19.4. The van der Waals surface area contributed by atoms with Crippen LogP contribution in [-0.2, 0) is 16.2 Å². The number of rotatable bonds is 6. The fourth-order valence-corrected chi connectivity index (χ4v) is 2.97. The van der Waals surface area contributed by atoms with Crippen molar-refractivity contribution in [2.75, 3.05) is 13.7 Å². The largest absolute Gasteiger partial charge is 0.496 e. The van der Waals surface area contributed by atoms with E-state index in [0.29, 0.717) is 12.2 Å². The lowest BCUT2D eigenvalue weighted by Crippen LogP contribution is -2.36. The first-order valence-corrected chi connectivity index (χ1v) is 8.53. The fraction of sp³-hybridized carbons (Fsp3) is 0.300. The number of para-hydroxylation sites is 1. The van der Waals surface area contributed by atoms with Crippen molar-refractivity contribution < 1.29 is 23.1 Å². The van der Waals surface area contributed by atoms with E-state index in [1.54, 1.807) is 7.11 Å².